The first-order valence-electron chi connectivity index (χ1n) is 10.5. The second-order valence-electron chi connectivity index (χ2n) is 7.91. The molecule has 0 aliphatic carbocycles. The van der Waals surface area contributed by atoms with Gasteiger partial charge in [-0.05, 0) is 37.5 Å². The highest BCUT2D eigenvalue weighted by Crippen LogP contribution is 2.27. The van der Waals surface area contributed by atoms with E-state index in [9.17, 15) is 0 Å². The lowest BCUT2D eigenvalue weighted by atomic mass is 9.96. The quantitative estimate of drug-likeness (QED) is 0.690. The molecule has 1 unspecified atom stereocenters. The first kappa shape index (κ1) is 18.9. The van der Waals surface area contributed by atoms with Crippen molar-refractivity contribution < 1.29 is 4.74 Å². The lowest BCUT2D eigenvalue weighted by molar-refractivity contribution is 0.0845. The van der Waals surface area contributed by atoms with Crippen molar-refractivity contribution >= 4 is 11.8 Å². The summed E-state index contributed by atoms with van der Waals surface area (Å²) in [6, 6.07) is 6.24. The molecule has 2 aliphatic rings. The zero-order valence-electron chi connectivity index (χ0n) is 17.1. The van der Waals surface area contributed by atoms with Crippen LogP contribution < -0.4 is 10.2 Å². The normalized spacial score (nSPS) is 19.9. The first-order valence-corrected chi connectivity index (χ1v) is 10.5. The summed E-state index contributed by atoms with van der Waals surface area (Å²) >= 11 is 0. The van der Waals surface area contributed by atoms with E-state index in [0.29, 0.717) is 5.92 Å². The van der Waals surface area contributed by atoms with E-state index in [0.717, 1.165) is 74.5 Å². The maximum Gasteiger partial charge on any atom is 0.225 e. The molecule has 0 radical (unpaired) electrons. The highest BCUT2D eigenvalue weighted by Gasteiger charge is 2.26. The van der Waals surface area contributed by atoms with Crippen molar-refractivity contribution in [2.75, 3.05) is 36.5 Å². The summed E-state index contributed by atoms with van der Waals surface area (Å²) in [4.78, 5) is 15.9. The van der Waals surface area contributed by atoms with Crippen molar-refractivity contribution in [3.8, 4) is 11.5 Å². The average Bonchev–Trinajstić information content (AvgIpc) is 3.44. The van der Waals surface area contributed by atoms with Crippen molar-refractivity contribution in [2.45, 2.75) is 31.2 Å². The molecule has 0 amide bonds. The van der Waals surface area contributed by atoms with E-state index < -0.39 is 0 Å². The van der Waals surface area contributed by atoms with Crippen LogP contribution in [-0.2, 0) is 11.8 Å². The zero-order chi connectivity index (χ0) is 20.3. The van der Waals surface area contributed by atoms with Crippen LogP contribution in [0.15, 0.2) is 36.8 Å². The molecule has 1 N–H and O–H groups in total. The van der Waals surface area contributed by atoms with Gasteiger partial charge in [-0.2, -0.15) is 0 Å². The highest BCUT2D eigenvalue weighted by molar-refractivity contribution is 5.51. The molecule has 2 fully saturated rings. The van der Waals surface area contributed by atoms with Crippen LogP contribution in [0.25, 0.3) is 11.5 Å². The van der Waals surface area contributed by atoms with Crippen LogP contribution >= 0.6 is 0 Å². The smallest absolute Gasteiger partial charge is 0.225 e. The Morgan fingerprint density at radius 1 is 1.03 bits per heavy atom. The molecule has 156 valence electrons. The number of aryl methyl sites for hydroxylation is 1. The van der Waals surface area contributed by atoms with Gasteiger partial charge in [-0.15, -0.1) is 10.2 Å². The lowest BCUT2D eigenvalue weighted by Crippen LogP contribution is -2.28. The fourth-order valence-electron chi connectivity index (χ4n) is 4.14. The number of hydrogen-bond donors (Lipinski definition) is 1. The van der Waals surface area contributed by atoms with Crippen LogP contribution in [0.4, 0.5) is 11.8 Å². The van der Waals surface area contributed by atoms with Gasteiger partial charge in [0.2, 0.25) is 5.95 Å². The number of anilines is 2. The standard InChI is InChI=1S/C21H26N8O/c1-28-11-9-22-20(28)18-2-3-19(27-26-18)24-16-5-10-29(14-16)21-23-8-4-17(25-21)15-6-12-30-13-7-15/h2-4,8-9,11,15-16H,5-7,10,12-14H2,1H3,(H,24,27). The lowest BCUT2D eigenvalue weighted by Gasteiger charge is -2.23. The Hall–Kier alpha value is -3.07. The number of rotatable bonds is 5. The fourth-order valence-corrected chi connectivity index (χ4v) is 4.14. The molecule has 5 rings (SSSR count). The molecule has 9 heteroatoms. The molecule has 3 aromatic rings. The summed E-state index contributed by atoms with van der Waals surface area (Å²) in [5, 5.41) is 12.1. The van der Waals surface area contributed by atoms with E-state index in [-0.39, 0.29) is 6.04 Å². The Kier molecular flexibility index (Phi) is 5.27. The van der Waals surface area contributed by atoms with Crippen LogP contribution in [-0.4, -0.2) is 62.1 Å². The molecule has 30 heavy (non-hydrogen) atoms. The van der Waals surface area contributed by atoms with Gasteiger partial charge in [0.05, 0.1) is 0 Å². The Morgan fingerprint density at radius 3 is 2.70 bits per heavy atom. The van der Waals surface area contributed by atoms with E-state index in [1.807, 2.05) is 42.2 Å². The predicted octanol–water partition coefficient (Wildman–Crippen LogP) is 2.25. The predicted molar refractivity (Wildman–Crippen MR) is 113 cm³/mol. The Bertz CT molecular complexity index is 983. The molecule has 2 aliphatic heterocycles. The van der Waals surface area contributed by atoms with Crippen molar-refractivity contribution in [3.63, 3.8) is 0 Å². The molecule has 0 spiro atoms. The summed E-state index contributed by atoms with van der Waals surface area (Å²) in [6.45, 7) is 3.41. The molecule has 5 heterocycles. The van der Waals surface area contributed by atoms with Gasteiger partial charge in [-0.3, -0.25) is 0 Å². The van der Waals surface area contributed by atoms with E-state index in [1.54, 1.807) is 6.20 Å². The SMILES string of the molecule is Cn1ccnc1-c1ccc(NC2CCN(c3nccc(C4CCOCC4)n3)C2)nn1. The van der Waals surface area contributed by atoms with Gasteiger partial charge in [-0.25, -0.2) is 15.0 Å². The third-order valence-electron chi connectivity index (χ3n) is 5.84. The number of nitrogens with zero attached hydrogens (tertiary/aromatic N) is 7. The van der Waals surface area contributed by atoms with Gasteiger partial charge in [0.15, 0.2) is 5.82 Å². The van der Waals surface area contributed by atoms with E-state index in [1.165, 1.54) is 0 Å². The minimum atomic E-state index is 0.286. The van der Waals surface area contributed by atoms with Crippen LogP contribution in [0.5, 0.6) is 0 Å². The zero-order valence-corrected chi connectivity index (χ0v) is 17.1. The second-order valence-corrected chi connectivity index (χ2v) is 7.91. The summed E-state index contributed by atoms with van der Waals surface area (Å²) in [7, 11) is 1.95. The van der Waals surface area contributed by atoms with E-state index in [2.05, 4.69) is 30.4 Å². The second kappa shape index (κ2) is 8.35. The summed E-state index contributed by atoms with van der Waals surface area (Å²) in [6.07, 6.45) is 8.62. The average molecular weight is 406 g/mol. The maximum absolute atomic E-state index is 5.48. The van der Waals surface area contributed by atoms with Crippen molar-refractivity contribution in [1.29, 1.82) is 0 Å². The van der Waals surface area contributed by atoms with Crippen LogP contribution in [0.2, 0.25) is 0 Å². The molecule has 9 nitrogen and oxygen atoms in total. The Morgan fingerprint density at radius 2 is 1.93 bits per heavy atom. The summed E-state index contributed by atoms with van der Waals surface area (Å²) < 4.78 is 7.41. The number of hydrogen-bond acceptors (Lipinski definition) is 8. The van der Waals surface area contributed by atoms with Gasteiger partial charge >= 0.3 is 0 Å². The number of aromatic nitrogens is 6. The van der Waals surface area contributed by atoms with Crippen LogP contribution in [0.1, 0.15) is 30.9 Å². The van der Waals surface area contributed by atoms with E-state index in [4.69, 9.17) is 9.72 Å². The first-order chi connectivity index (χ1) is 14.8. The summed E-state index contributed by atoms with van der Waals surface area (Å²) in [5.41, 5.74) is 1.90. The third-order valence-corrected chi connectivity index (χ3v) is 5.84. The molecular formula is C21H26N8O. The molecule has 2 saturated heterocycles. The Labute approximate surface area is 175 Å². The Balaban J connectivity index is 1.21. The van der Waals surface area contributed by atoms with Crippen LogP contribution in [0.3, 0.4) is 0 Å². The van der Waals surface area contributed by atoms with Crippen molar-refractivity contribution in [2.24, 2.45) is 7.05 Å². The topological polar surface area (TPSA) is 93.9 Å². The molecule has 1 atom stereocenters. The largest absolute Gasteiger partial charge is 0.381 e. The molecule has 0 bridgehead atoms. The van der Waals surface area contributed by atoms with Gasteiger partial charge in [-0.1, -0.05) is 0 Å². The van der Waals surface area contributed by atoms with Gasteiger partial charge in [0.25, 0.3) is 0 Å². The fraction of sp³-hybridized carbons (Fsp3) is 0.476. The number of nitrogens with one attached hydrogen (secondary N) is 1. The molecule has 3 aromatic heterocycles. The third kappa shape index (κ3) is 3.97. The molecule has 0 aromatic carbocycles. The van der Waals surface area contributed by atoms with Gasteiger partial charge < -0.3 is 19.5 Å². The monoisotopic (exact) mass is 406 g/mol. The number of ether oxygens (including phenoxy) is 1. The van der Waals surface area contributed by atoms with Crippen molar-refractivity contribution in [3.05, 3.63) is 42.5 Å². The van der Waals surface area contributed by atoms with Gasteiger partial charge in [0, 0.05) is 69.6 Å². The molecular weight excluding hydrogens is 380 g/mol. The van der Waals surface area contributed by atoms with E-state index >= 15 is 0 Å². The van der Waals surface area contributed by atoms with Gasteiger partial charge in [0.1, 0.15) is 11.5 Å². The molecule has 0 saturated carbocycles. The maximum atomic E-state index is 5.48. The van der Waals surface area contributed by atoms with Crippen LogP contribution in [0, 0.1) is 0 Å². The number of imidazole rings is 1. The minimum Gasteiger partial charge on any atom is -0.381 e. The summed E-state index contributed by atoms with van der Waals surface area (Å²) in [5.74, 6) is 2.88. The van der Waals surface area contributed by atoms with Crippen molar-refractivity contribution in [1.82, 2.24) is 29.7 Å². The minimum absolute atomic E-state index is 0.286. The highest BCUT2D eigenvalue weighted by atomic mass is 16.5.